The van der Waals surface area contributed by atoms with Crippen LogP contribution in [0.2, 0.25) is 0 Å². The van der Waals surface area contributed by atoms with E-state index in [9.17, 15) is 33.9 Å². The van der Waals surface area contributed by atoms with E-state index in [-0.39, 0.29) is 25.7 Å². The van der Waals surface area contributed by atoms with Crippen LogP contribution in [0.4, 0.5) is 0 Å². The fraction of sp³-hybridized carbons (Fsp3) is 0.346. The van der Waals surface area contributed by atoms with Gasteiger partial charge in [-0.15, -0.1) is 0 Å². The van der Waals surface area contributed by atoms with Gasteiger partial charge in [0.25, 0.3) is 0 Å². The number of H-pyrrole nitrogens is 2. The van der Waals surface area contributed by atoms with Gasteiger partial charge in [0.1, 0.15) is 18.1 Å². The molecule has 4 unspecified atom stereocenters. The van der Waals surface area contributed by atoms with E-state index in [1.165, 1.54) is 12.5 Å². The summed E-state index contributed by atoms with van der Waals surface area (Å²) in [6.45, 7) is 0. The molecule has 0 aliphatic heterocycles. The molecule has 224 valence electrons. The first-order valence-corrected chi connectivity index (χ1v) is 12.9. The molecule has 11 N–H and O–H groups in total. The fourth-order valence-electron chi connectivity index (χ4n) is 4.18. The molecule has 0 saturated heterocycles. The Kier molecular flexibility index (Phi) is 10.7. The molecule has 0 fully saturated rings. The van der Waals surface area contributed by atoms with Crippen molar-refractivity contribution in [1.29, 1.82) is 0 Å². The molecule has 0 radical (unpaired) electrons. The molecular weight excluding hydrogens is 552 g/mol. The summed E-state index contributed by atoms with van der Waals surface area (Å²) in [7, 11) is 0. The highest BCUT2D eigenvalue weighted by molar-refractivity contribution is 5.95. The molecule has 0 bridgehead atoms. The number of fused-ring (bicyclic) bond motifs is 1. The molecule has 2 aromatic heterocycles. The lowest BCUT2D eigenvalue weighted by Gasteiger charge is -2.25. The van der Waals surface area contributed by atoms with Crippen molar-refractivity contribution in [2.45, 2.75) is 56.3 Å². The monoisotopic (exact) mass is 584 g/mol. The van der Waals surface area contributed by atoms with Crippen LogP contribution in [0.1, 0.15) is 30.5 Å². The summed E-state index contributed by atoms with van der Waals surface area (Å²) in [6.07, 6.45) is 3.12. The number of imidazole rings is 1. The van der Waals surface area contributed by atoms with Gasteiger partial charge in [0.05, 0.1) is 18.8 Å². The zero-order valence-electron chi connectivity index (χ0n) is 22.3. The maximum absolute atomic E-state index is 13.5. The van der Waals surface area contributed by atoms with E-state index in [2.05, 4.69) is 30.9 Å². The first kappa shape index (κ1) is 31.3. The molecule has 3 rings (SSSR count). The highest BCUT2D eigenvalue weighted by atomic mass is 16.4. The van der Waals surface area contributed by atoms with Gasteiger partial charge in [-0.05, 0) is 18.1 Å². The number of carbonyl (C=O) groups excluding carboxylic acids is 4. The molecule has 16 heteroatoms. The van der Waals surface area contributed by atoms with Gasteiger partial charge in [-0.1, -0.05) is 18.2 Å². The Bertz CT molecular complexity index is 1440. The predicted octanol–water partition coefficient (Wildman–Crippen LogP) is -1.72. The average Bonchev–Trinajstić information content (AvgIpc) is 3.60. The normalized spacial score (nSPS) is 13.8. The summed E-state index contributed by atoms with van der Waals surface area (Å²) in [5, 5.41) is 26.5. The lowest BCUT2D eigenvalue weighted by atomic mass is 10.0. The number of aliphatic carboxylic acids is 2. The van der Waals surface area contributed by atoms with Crippen molar-refractivity contribution < 1.29 is 39.0 Å². The standard InChI is InChI=1S/C26H32N8O8/c27-16(5-6-21(28)35)23(38)32-19(8-14-11-29-12-31-14)25(40)33-18(24(39)34-20(26(41)42)9-22(36)37)7-13-10-30-17-4-2-1-3-15(13)17/h1-4,10-12,16,18-20,30H,5-9,27H2,(H2,28,35)(H,29,31)(H,32,38)(H,33,40)(H,34,39)(H,36,37)(H,41,42). The van der Waals surface area contributed by atoms with Gasteiger partial charge in [0, 0.05) is 48.3 Å². The van der Waals surface area contributed by atoms with Gasteiger partial charge in [-0.3, -0.25) is 24.0 Å². The molecule has 42 heavy (non-hydrogen) atoms. The van der Waals surface area contributed by atoms with Crippen molar-refractivity contribution >= 4 is 46.5 Å². The maximum atomic E-state index is 13.5. The number of amides is 4. The van der Waals surface area contributed by atoms with E-state index in [4.69, 9.17) is 16.6 Å². The number of nitrogens with one attached hydrogen (secondary N) is 5. The molecule has 1 aromatic carbocycles. The first-order valence-electron chi connectivity index (χ1n) is 12.9. The Morgan fingerprint density at radius 3 is 2.14 bits per heavy atom. The second kappa shape index (κ2) is 14.4. The summed E-state index contributed by atoms with van der Waals surface area (Å²) >= 11 is 0. The minimum absolute atomic E-state index is 0.0642. The number of hydrogen-bond acceptors (Lipinski definition) is 8. The van der Waals surface area contributed by atoms with Crippen LogP contribution in [0, 0.1) is 0 Å². The van der Waals surface area contributed by atoms with Crippen molar-refractivity contribution in [3.63, 3.8) is 0 Å². The van der Waals surface area contributed by atoms with Crippen LogP contribution in [0.25, 0.3) is 10.9 Å². The average molecular weight is 585 g/mol. The minimum atomic E-state index is -1.76. The van der Waals surface area contributed by atoms with E-state index in [0.29, 0.717) is 11.3 Å². The number of carbonyl (C=O) groups is 6. The van der Waals surface area contributed by atoms with E-state index < -0.39 is 66.2 Å². The molecular formula is C26H32N8O8. The van der Waals surface area contributed by atoms with Gasteiger partial charge in [0.15, 0.2) is 0 Å². The molecule has 4 amide bonds. The Morgan fingerprint density at radius 1 is 0.881 bits per heavy atom. The van der Waals surface area contributed by atoms with E-state index in [1.54, 1.807) is 30.5 Å². The number of nitrogens with zero attached hydrogens (tertiary/aromatic N) is 1. The van der Waals surface area contributed by atoms with E-state index in [0.717, 1.165) is 10.9 Å². The smallest absolute Gasteiger partial charge is 0.326 e. The van der Waals surface area contributed by atoms with Crippen LogP contribution >= 0.6 is 0 Å². The number of rotatable bonds is 16. The molecule has 0 aliphatic rings. The Hall–Kier alpha value is -5.25. The van der Waals surface area contributed by atoms with Crippen LogP contribution in [-0.4, -0.2) is 84.9 Å². The zero-order chi connectivity index (χ0) is 30.8. The van der Waals surface area contributed by atoms with Crippen LogP contribution in [0.3, 0.4) is 0 Å². The minimum Gasteiger partial charge on any atom is -0.481 e. The summed E-state index contributed by atoms with van der Waals surface area (Å²) in [5.41, 5.74) is 12.8. The largest absolute Gasteiger partial charge is 0.481 e. The van der Waals surface area contributed by atoms with E-state index >= 15 is 0 Å². The lowest BCUT2D eigenvalue weighted by molar-refractivity contribution is -0.147. The summed E-state index contributed by atoms with van der Waals surface area (Å²) in [4.78, 5) is 83.2. The quantitative estimate of drug-likeness (QED) is 0.0918. The van der Waals surface area contributed by atoms with Gasteiger partial charge >= 0.3 is 11.9 Å². The van der Waals surface area contributed by atoms with Crippen molar-refractivity contribution in [1.82, 2.24) is 30.9 Å². The number of aromatic amines is 2. The SMILES string of the molecule is NC(=O)CCC(N)C(=O)NC(Cc1cnc[nH]1)C(=O)NC(Cc1c[nH]c2ccccc12)C(=O)NC(CC(=O)O)C(=O)O. The second-order valence-corrected chi connectivity index (χ2v) is 9.58. The molecule has 2 heterocycles. The molecule has 0 saturated carbocycles. The van der Waals surface area contributed by atoms with Gasteiger partial charge in [-0.2, -0.15) is 0 Å². The number of aromatic nitrogens is 3. The molecule has 3 aromatic rings. The highest BCUT2D eigenvalue weighted by Gasteiger charge is 2.32. The molecule has 16 nitrogen and oxygen atoms in total. The number of carboxylic acids is 2. The van der Waals surface area contributed by atoms with Crippen molar-refractivity contribution in [2.75, 3.05) is 0 Å². The van der Waals surface area contributed by atoms with Crippen molar-refractivity contribution in [2.24, 2.45) is 11.5 Å². The molecule has 4 atom stereocenters. The number of carboxylic acid groups (broad SMARTS) is 2. The third-order valence-electron chi connectivity index (χ3n) is 6.38. The number of nitrogens with two attached hydrogens (primary N) is 2. The molecule has 0 aliphatic carbocycles. The number of benzene rings is 1. The van der Waals surface area contributed by atoms with Crippen molar-refractivity contribution in [3.8, 4) is 0 Å². The maximum Gasteiger partial charge on any atom is 0.326 e. The van der Waals surface area contributed by atoms with Crippen molar-refractivity contribution in [3.05, 3.63) is 54.2 Å². The second-order valence-electron chi connectivity index (χ2n) is 9.58. The topological polar surface area (TPSA) is 275 Å². The Balaban J connectivity index is 1.87. The van der Waals surface area contributed by atoms with Gasteiger partial charge in [0.2, 0.25) is 23.6 Å². The summed E-state index contributed by atoms with van der Waals surface area (Å²) in [6, 6.07) is 1.59. The van der Waals surface area contributed by atoms with E-state index in [1.807, 2.05) is 0 Å². The number of primary amides is 1. The Morgan fingerprint density at radius 2 is 1.52 bits per heavy atom. The highest BCUT2D eigenvalue weighted by Crippen LogP contribution is 2.19. The summed E-state index contributed by atoms with van der Waals surface area (Å²) in [5.74, 6) is -6.19. The van der Waals surface area contributed by atoms with Gasteiger partial charge < -0.3 is 47.6 Å². The van der Waals surface area contributed by atoms with Crippen LogP contribution in [0.5, 0.6) is 0 Å². The zero-order valence-corrected chi connectivity index (χ0v) is 22.3. The van der Waals surface area contributed by atoms with Gasteiger partial charge in [-0.25, -0.2) is 9.78 Å². The number of para-hydroxylation sites is 1. The predicted molar refractivity (Wildman–Crippen MR) is 146 cm³/mol. The number of hydrogen-bond donors (Lipinski definition) is 9. The molecule has 0 spiro atoms. The lowest BCUT2D eigenvalue weighted by Crippen LogP contribution is -2.58. The summed E-state index contributed by atoms with van der Waals surface area (Å²) < 4.78 is 0. The first-order chi connectivity index (χ1) is 19.9. The third-order valence-corrected chi connectivity index (χ3v) is 6.38. The Labute approximate surface area is 238 Å². The fourth-order valence-corrected chi connectivity index (χ4v) is 4.18. The van der Waals surface area contributed by atoms with Crippen LogP contribution < -0.4 is 27.4 Å². The van der Waals surface area contributed by atoms with Crippen LogP contribution in [-0.2, 0) is 41.6 Å². The third kappa shape index (κ3) is 8.88. The van der Waals surface area contributed by atoms with Crippen LogP contribution in [0.15, 0.2) is 43.0 Å².